The van der Waals surface area contributed by atoms with E-state index in [1.165, 1.54) is 12.3 Å². The van der Waals surface area contributed by atoms with Crippen molar-refractivity contribution in [1.82, 2.24) is 5.32 Å². The van der Waals surface area contributed by atoms with Crippen molar-refractivity contribution >= 4 is 35.8 Å². The topological polar surface area (TPSA) is 79.8 Å². The van der Waals surface area contributed by atoms with Crippen molar-refractivity contribution < 1.29 is 4.79 Å². The van der Waals surface area contributed by atoms with Crippen LogP contribution in [0.4, 0.5) is 0 Å². The molecular weight excluding hydrogens is 312 g/mol. The van der Waals surface area contributed by atoms with Crippen LogP contribution in [0.2, 0.25) is 5.02 Å². The maximum absolute atomic E-state index is 11.7. The number of benzene rings is 2. The Morgan fingerprint density at radius 3 is 2.57 bits per heavy atom. The van der Waals surface area contributed by atoms with Crippen LogP contribution < -0.4 is 11.1 Å². The first kappa shape index (κ1) is 16.5. The van der Waals surface area contributed by atoms with Crippen LogP contribution in [0, 0.1) is 0 Å². The number of carbonyl (C=O) groups is 1. The molecule has 0 aromatic heterocycles. The summed E-state index contributed by atoms with van der Waals surface area (Å²) in [7, 11) is 0. The smallest absolute Gasteiger partial charge is 0.250 e. The Bertz CT molecular complexity index is 754. The van der Waals surface area contributed by atoms with E-state index in [9.17, 15) is 4.79 Å². The molecule has 0 saturated carbocycles. The lowest BCUT2D eigenvalue weighted by molar-refractivity contribution is -0.115. The Kier molecular flexibility index (Phi) is 6.08. The van der Waals surface area contributed by atoms with Gasteiger partial charge in [-0.25, -0.2) is 0 Å². The maximum atomic E-state index is 11.7. The van der Waals surface area contributed by atoms with Crippen molar-refractivity contribution in [3.05, 3.63) is 76.8 Å². The van der Waals surface area contributed by atoms with E-state index in [0.29, 0.717) is 5.02 Å². The summed E-state index contributed by atoms with van der Waals surface area (Å²) < 4.78 is 0. The van der Waals surface area contributed by atoms with Crippen molar-refractivity contribution in [3.8, 4) is 0 Å². The highest BCUT2D eigenvalue weighted by atomic mass is 35.5. The Hall–Kier alpha value is -2.92. The fourth-order valence-electron chi connectivity index (χ4n) is 1.67. The van der Waals surface area contributed by atoms with Crippen LogP contribution in [0.5, 0.6) is 0 Å². The monoisotopic (exact) mass is 326 g/mol. The zero-order valence-electron chi connectivity index (χ0n) is 12.2. The fraction of sp³-hybridized carbons (Fsp3) is 0. The number of guanidine groups is 1. The molecule has 0 unspecified atom stereocenters. The predicted molar refractivity (Wildman–Crippen MR) is 94.3 cm³/mol. The lowest BCUT2D eigenvalue weighted by atomic mass is 10.2. The molecule has 0 atom stereocenters. The summed E-state index contributed by atoms with van der Waals surface area (Å²) in [6, 6.07) is 16.6. The van der Waals surface area contributed by atoms with Crippen LogP contribution in [0.25, 0.3) is 6.08 Å². The van der Waals surface area contributed by atoms with Crippen molar-refractivity contribution in [3.63, 3.8) is 0 Å². The molecule has 0 saturated heterocycles. The van der Waals surface area contributed by atoms with Gasteiger partial charge in [0.05, 0.1) is 6.21 Å². The average Bonchev–Trinajstić information content (AvgIpc) is 2.54. The fourth-order valence-corrected chi connectivity index (χ4v) is 1.87. The van der Waals surface area contributed by atoms with Gasteiger partial charge in [-0.05, 0) is 29.3 Å². The van der Waals surface area contributed by atoms with Gasteiger partial charge in [0.2, 0.25) is 5.96 Å². The third kappa shape index (κ3) is 6.15. The number of amides is 1. The molecule has 0 fully saturated rings. The molecule has 2 rings (SSSR count). The minimum atomic E-state index is -0.381. The molecule has 0 bridgehead atoms. The first-order valence-electron chi connectivity index (χ1n) is 6.79. The second-order valence-corrected chi connectivity index (χ2v) is 4.95. The molecule has 0 radical (unpaired) electrons. The highest BCUT2D eigenvalue weighted by Crippen LogP contribution is 2.08. The van der Waals surface area contributed by atoms with Gasteiger partial charge in [-0.3, -0.25) is 10.1 Å². The third-order valence-corrected chi connectivity index (χ3v) is 2.93. The van der Waals surface area contributed by atoms with Gasteiger partial charge in [0.1, 0.15) is 0 Å². The summed E-state index contributed by atoms with van der Waals surface area (Å²) in [5.41, 5.74) is 7.28. The summed E-state index contributed by atoms with van der Waals surface area (Å²) in [6.45, 7) is 0. The number of nitrogens with one attached hydrogen (secondary N) is 1. The van der Waals surface area contributed by atoms with Crippen LogP contribution in [0.15, 0.2) is 70.9 Å². The lowest BCUT2D eigenvalue weighted by Gasteiger charge is -1.98. The van der Waals surface area contributed by atoms with Crippen LogP contribution in [0.3, 0.4) is 0 Å². The van der Waals surface area contributed by atoms with E-state index in [1.54, 1.807) is 24.3 Å². The Morgan fingerprint density at radius 1 is 1.09 bits per heavy atom. The van der Waals surface area contributed by atoms with Gasteiger partial charge in [0.25, 0.3) is 5.91 Å². The molecule has 6 heteroatoms. The van der Waals surface area contributed by atoms with Gasteiger partial charge >= 0.3 is 0 Å². The zero-order valence-corrected chi connectivity index (χ0v) is 12.9. The van der Waals surface area contributed by atoms with E-state index >= 15 is 0 Å². The van der Waals surface area contributed by atoms with Crippen LogP contribution in [-0.2, 0) is 4.79 Å². The van der Waals surface area contributed by atoms with Crippen LogP contribution >= 0.6 is 11.6 Å². The standard InChI is InChI=1S/C17H15ClN4O/c18-15-8-4-7-14(11-15)12-20-22-17(19)21-16(23)10-9-13-5-2-1-3-6-13/h1-12H,(H3,19,21,22,23)/b10-9+,20-12-. The second kappa shape index (κ2) is 8.51. The third-order valence-electron chi connectivity index (χ3n) is 2.70. The summed E-state index contributed by atoms with van der Waals surface area (Å²) in [5, 5.41) is 10.5. The average molecular weight is 327 g/mol. The lowest BCUT2D eigenvalue weighted by Crippen LogP contribution is -2.35. The van der Waals surface area contributed by atoms with Crippen LogP contribution in [-0.4, -0.2) is 18.1 Å². The molecule has 23 heavy (non-hydrogen) atoms. The number of hydrogen-bond donors (Lipinski definition) is 2. The summed E-state index contributed by atoms with van der Waals surface area (Å²) in [5.74, 6) is -0.473. The molecule has 2 aromatic rings. The number of rotatable bonds is 4. The van der Waals surface area contributed by atoms with E-state index < -0.39 is 0 Å². The zero-order chi connectivity index (χ0) is 16.5. The number of nitrogens with zero attached hydrogens (tertiary/aromatic N) is 2. The molecule has 1 amide bonds. The van der Waals surface area contributed by atoms with E-state index in [-0.39, 0.29) is 11.9 Å². The normalized spacial score (nSPS) is 12.0. The molecule has 3 N–H and O–H groups in total. The first-order chi connectivity index (χ1) is 11.1. The molecular formula is C17H15ClN4O. The van der Waals surface area contributed by atoms with Gasteiger partial charge in [0, 0.05) is 11.1 Å². The minimum Gasteiger partial charge on any atom is -0.368 e. The quantitative estimate of drug-likeness (QED) is 0.392. The Morgan fingerprint density at radius 2 is 1.83 bits per heavy atom. The van der Waals surface area contributed by atoms with Gasteiger partial charge in [-0.15, -0.1) is 5.10 Å². The summed E-state index contributed by atoms with van der Waals surface area (Å²) >= 11 is 5.85. The van der Waals surface area contributed by atoms with Gasteiger partial charge in [-0.1, -0.05) is 54.1 Å². The summed E-state index contributed by atoms with van der Waals surface area (Å²) in [4.78, 5) is 11.7. The molecule has 2 aromatic carbocycles. The number of carbonyl (C=O) groups excluding carboxylic acids is 1. The van der Waals surface area contributed by atoms with E-state index in [0.717, 1.165) is 11.1 Å². The van der Waals surface area contributed by atoms with E-state index in [2.05, 4.69) is 15.5 Å². The van der Waals surface area contributed by atoms with Gasteiger partial charge < -0.3 is 5.73 Å². The van der Waals surface area contributed by atoms with E-state index in [4.69, 9.17) is 17.3 Å². The molecule has 0 aliphatic carbocycles. The van der Waals surface area contributed by atoms with Crippen LogP contribution in [0.1, 0.15) is 11.1 Å². The number of hydrogen-bond acceptors (Lipinski definition) is 3. The van der Waals surface area contributed by atoms with Gasteiger partial charge in [-0.2, -0.15) is 5.10 Å². The predicted octanol–water partition coefficient (Wildman–Crippen LogP) is 2.82. The molecule has 0 spiro atoms. The minimum absolute atomic E-state index is 0.0917. The maximum Gasteiger partial charge on any atom is 0.250 e. The molecule has 0 aliphatic heterocycles. The molecule has 5 nitrogen and oxygen atoms in total. The Balaban J connectivity index is 1.89. The van der Waals surface area contributed by atoms with Crippen molar-refractivity contribution in [2.45, 2.75) is 0 Å². The van der Waals surface area contributed by atoms with Crippen molar-refractivity contribution in [2.24, 2.45) is 15.9 Å². The SMILES string of the molecule is N/C(=N\N=C/c1cccc(Cl)c1)NC(=O)/C=C/c1ccccc1. The second-order valence-electron chi connectivity index (χ2n) is 4.52. The highest BCUT2D eigenvalue weighted by molar-refractivity contribution is 6.30. The highest BCUT2D eigenvalue weighted by Gasteiger charge is 1.97. The molecule has 116 valence electrons. The molecule has 0 heterocycles. The van der Waals surface area contributed by atoms with Crippen molar-refractivity contribution in [2.75, 3.05) is 0 Å². The first-order valence-corrected chi connectivity index (χ1v) is 7.17. The Labute approximate surface area is 139 Å². The summed E-state index contributed by atoms with van der Waals surface area (Å²) in [6.07, 6.45) is 4.54. The van der Waals surface area contributed by atoms with Gasteiger partial charge in [0.15, 0.2) is 0 Å². The largest absolute Gasteiger partial charge is 0.368 e. The van der Waals surface area contributed by atoms with E-state index in [1.807, 2.05) is 36.4 Å². The molecule has 0 aliphatic rings. The number of halogens is 1. The number of nitrogens with two attached hydrogens (primary N) is 1. The van der Waals surface area contributed by atoms with Crippen molar-refractivity contribution in [1.29, 1.82) is 0 Å².